The van der Waals surface area contributed by atoms with Crippen LogP contribution >= 0.6 is 0 Å². The minimum Gasteiger partial charge on any atom is -0.507 e. The van der Waals surface area contributed by atoms with Gasteiger partial charge in [-0.25, -0.2) is 4.99 Å². The number of nitrogens with two attached hydrogens (primary N) is 1. The quantitative estimate of drug-likeness (QED) is 0.490. The zero-order chi connectivity index (χ0) is 12.8. The SMILES string of the molecule is CN(C)C(=N)/N=C(N)/N=C/c1ccccc1O. The van der Waals surface area contributed by atoms with Gasteiger partial charge in [0.15, 0.2) is 0 Å². The van der Waals surface area contributed by atoms with Gasteiger partial charge in [0, 0.05) is 25.9 Å². The molecule has 1 aromatic carbocycles. The van der Waals surface area contributed by atoms with Gasteiger partial charge in [0.2, 0.25) is 11.9 Å². The molecule has 6 nitrogen and oxygen atoms in total. The summed E-state index contributed by atoms with van der Waals surface area (Å²) in [7, 11) is 3.37. The summed E-state index contributed by atoms with van der Waals surface area (Å²) in [4.78, 5) is 9.10. The van der Waals surface area contributed by atoms with Crippen molar-refractivity contribution in [1.82, 2.24) is 4.90 Å². The van der Waals surface area contributed by atoms with Crippen molar-refractivity contribution in [2.45, 2.75) is 0 Å². The van der Waals surface area contributed by atoms with Gasteiger partial charge in [0.25, 0.3) is 0 Å². The molecule has 0 aliphatic rings. The summed E-state index contributed by atoms with van der Waals surface area (Å²) in [5.41, 5.74) is 6.06. The van der Waals surface area contributed by atoms with Gasteiger partial charge in [-0.3, -0.25) is 5.41 Å². The molecule has 0 aromatic heterocycles. The van der Waals surface area contributed by atoms with Crippen molar-refractivity contribution in [3.05, 3.63) is 29.8 Å². The van der Waals surface area contributed by atoms with Gasteiger partial charge in [-0.15, -0.1) is 0 Å². The molecule has 0 unspecified atom stereocenters. The van der Waals surface area contributed by atoms with Crippen molar-refractivity contribution < 1.29 is 5.11 Å². The number of benzene rings is 1. The number of para-hydroxylation sites is 1. The van der Waals surface area contributed by atoms with E-state index >= 15 is 0 Å². The van der Waals surface area contributed by atoms with E-state index in [1.165, 1.54) is 11.1 Å². The summed E-state index contributed by atoms with van der Waals surface area (Å²) in [6.45, 7) is 0. The summed E-state index contributed by atoms with van der Waals surface area (Å²) >= 11 is 0. The van der Waals surface area contributed by atoms with Gasteiger partial charge >= 0.3 is 0 Å². The van der Waals surface area contributed by atoms with E-state index in [-0.39, 0.29) is 17.7 Å². The van der Waals surface area contributed by atoms with E-state index in [9.17, 15) is 5.11 Å². The van der Waals surface area contributed by atoms with E-state index in [2.05, 4.69) is 9.98 Å². The van der Waals surface area contributed by atoms with Gasteiger partial charge in [0.05, 0.1) is 0 Å². The molecule has 6 heteroatoms. The van der Waals surface area contributed by atoms with Crippen LogP contribution in [0.2, 0.25) is 0 Å². The van der Waals surface area contributed by atoms with Crippen LogP contribution < -0.4 is 5.73 Å². The Bertz CT molecular complexity index is 465. The first kappa shape index (κ1) is 12.7. The molecule has 0 aliphatic heterocycles. The Hall–Kier alpha value is -2.37. The smallest absolute Gasteiger partial charge is 0.223 e. The maximum atomic E-state index is 9.47. The Balaban J connectivity index is 2.79. The molecule has 1 rings (SSSR count). The number of nitrogens with zero attached hydrogens (tertiary/aromatic N) is 3. The topological polar surface area (TPSA) is 98.1 Å². The van der Waals surface area contributed by atoms with Crippen molar-refractivity contribution in [1.29, 1.82) is 5.41 Å². The molecule has 90 valence electrons. The monoisotopic (exact) mass is 233 g/mol. The van der Waals surface area contributed by atoms with Crippen LogP contribution in [-0.2, 0) is 0 Å². The van der Waals surface area contributed by atoms with Gasteiger partial charge < -0.3 is 15.7 Å². The molecule has 4 N–H and O–H groups in total. The summed E-state index contributed by atoms with van der Waals surface area (Å²) < 4.78 is 0. The molecule has 0 saturated carbocycles. The molecular formula is C11H15N5O. The van der Waals surface area contributed by atoms with Crippen LogP contribution in [0.1, 0.15) is 5.56 Å². The lowest BCUT2D eigenvalue weighted by molar-refractivity contribution is 0.474. The third-order valence-corrected chi connectivity index (χ3v) is 1.92. The minimum atomic E-state index is -0.0352. The fourth-order valence-electron chi connectivity index (χ4n) is 0.970. The lowest BCUT2D eigenvalue weighted by Crippen LogP contribution is -2.22. The first-order valence-corrected chi connectivity index (χ1v) is 4.93. The second-order valence-electron chi connectivity index (χ2n) is 3.51. The maximum Gasteiger partial charge on any atom is 0.223 e. The number of hydrogen-bond acceptors (Lipinski definition) is 2. The summed E-state index contributed by atoms with van der Waals surface area (Å²) in [5.74, 6) is 0.0932. The molecule has 1 aromatic rings. The highest BCUT2D eigenvalue weighted by Crippen LogP contribution is 2.12. The standard InChI is InChI=1S/C11H15N5O/c1-16(2)11(13)15-10(12)14-7-8-5-3-4-6-9(8)17/h3-7,17H,1-2H3,(H3,12,13,15)/b14-7+. The van der Waals surface area contributed by atoms with Gasteiger partial charge in [-0.05, 0) is 12.1 Å². The summed E-state index contributed by atoms with van der Waals surface area (Å²) in [6.07, 6.45) is 1.40. The lowest BCUT2D eigenvalue weighted by atomic mass is 10.2. The van der Waals surface area contributed by atoms with Crippen LogP contribution in [0.4, 0.5) is 0 Å². The van der Waals surface area contributed by atoms with Crippen molar-refractivity contribution in [2.24, 2.45) is 15.7 Å². The number of phenolic OH excluding ortho intramolecular Hbond substituents is 1. The fraction of sp³-hybridized carbons (Fsp3) is 0.182. The van der Waals surface area contributed by atoms with Crippen LogP contribution in [0.5, 0.6) is 5.75 Å². The lowest BCUT2D eigenvalue weighted by Gasteiger charge is -2.07. The first-order valence-electron chi connectivity index (χ1n) is 4.93. The summed E-state index contributed by atoms with van der Waals surface area (Å²) in [6, 6.07) is 6.74. The third kappa shape index (κ3) is 3.94. The largest absolute Gasteiger partial charge is 0.507 e. The first-order chi connectivity index (χ1) is 8.00. The molecule has 0 heterocycles. The van der Waals surface area contributed by atoms with Crippen molar-refractivity contribution in [3.63, 3.8) is 0 Å². The maximum absolute atomic E-state index is 9.47. The molecule has 0 amide bonds. The van der Waals surface area contributed by atoms with Crippen molar-refractivity contribution in [2.75, 3.05) is 14.1 Å². The minimum absolute atomic E-state index is 0.0110. The van der Waals surface area contributed by atoms with E-state index in [0.717, 1.165) is 0 Å². The van der Waals surface area contributed by atoms with Crippen LogP contribution in [0, 0.1) is 5.41 Å². The second-order valence-corrected chi connectivity index (χ2v) is 3.51. The number of hydrogen-bond donors (Lipinski definition) is 3. The Kier molecular flexibility index (Phi) is 4.21. The Morgan fingerprint density at radius 3 is 2.65 bits per heavy atom. The number of aromatic hydroxyl groups is 1. The summed E-state index contributed by atoms with van der Waals surface area (Å²) in [5, 5.41) is 16.9. The highest BCUT2D eigenvalue weighted by atomic mass is 16.3. The average Bonchev–Trinajstić information content (AvgIpc) is 2.27. The predicted molar refractivity (Wildman–Crippen MR) is 68.7 cm³/mol. The molecule has 0 saturated heterocycles. The van der Waals surface area contributed by atoms with Gasteiger partial charge in [-0.1, -0.05) is 12.1 Å². The number of aliphatic imine (C=N–C) groups is 2. The highest BCUT2D eigenvalue weighted by molar-refractivity contribution is 5.99. The fourth-order valence-corrected chi connectivity index (χ4v) is 0.970. The molecule has 0 spiro atoms. The normalized spacial score (nSPS) is 11.8. The van der Waals surface area contributed by atoms with E-state index in [1.54, 1.807) is 38.4 Å². The highest BCUT2D eigenvalue weighted by Gasteiger charge is 1.98. The van der Waals surface area contributed by atoms with Crippen LogP contribution in [0.3, 0.4) is 0 Å². The molecule has 0 fully saturated rings. The molecule has 17 heavy (non-hydrogen) atoms. The molecular weight excluding hydrogens is 218 g/mol. The molecule has 0 bridgehead atoms. The zero-order valence-corrected chi connectivity index (χ0v) is 9.75. The van der Waals surface area contributed by atoms with Gasteiger partial charge in [0.1, 0.15) is 5.75 Å². The van der Waals surface area contributed by atoms with Crippen LogP contribution in [0.15, 0.2) is 34.3 Å². The third-order valence-electron chi connectivity index (χ3n) is 1.92. The van der Waals surface area contributed by atoms with E-state index in [1.807, 2.05) is 0 Å². The average molecular weight is 233 g/mol. The zero-order valence-electron chi connectivity index (χ0n) is 9.75. The van der Waals surface area contributed by atoms with Gasteiger partial charge in [-0.2, -0.15) is 4.99 Å². The Morgan fingerprint density at radius 1 is 1.41 bits per heavy atom. The Labute approximate surface area is 99.6 Å². The second kappa shape index (κ2) is 5.64. The number of guanidine groups is 2. The number of rotatable bonds is 1. The molecule has 0 radical (unpaired) electrons. The van der Waals surface area contributed by atoms with E-state index in [0.29, 0.717) is 5.56 Å². The molecule has 0 atom stereocenters. The van der Waals surface area contributed by atoms with Crippen molar-refractivity contribution >= 4 is 18.1 Å². The van der Waals surface area contributed by atoms with Crippen LogP contribution in [0.25, 0.3) is 0 Å². The number of phenols is 1. The van der Waals surface area contributed by atoms with E-state index in [4.69, 9.17) is 11.1 Å². The number of nitrogens with one attached hydrogen (secondary N) is 1. The van der Waals surface area contributed by atoms with Crippen LogP contribution in [-0.4, -0.2) is 42.2 Å². The van der Waals surface area contributed by atoms with Crippen molar-refractivity contribution in [3.8, 4) is 5.75 Å². The molecule has 0 aliphatic carbocycles. The van der Waals surface area contributed by atoms with E-state index < -0.39 is 0 Å². The predicted octanol–water partition coefficient (Wildman–Crippen LogP) is 0.622. The Morgan fingerprint density at radius 2 is 2.06 bits per heavy atom.